The molecule has 0 spiro atoms. The fourth-order valence-corrected chi connectivity index (χ4v) is 2.35. The minimum absolute atomic E-state index is 0.787. The van der Waals surface area contributed by atoms with Crippen LogP contribution in [0.3, 0.4) is 0 Å². The Balaban J connectivity index is 2.08. The molecule has 0 aliphatic carbocycles. The summed E-state index contributed by atoms with van der Waals surface area (Å²) in [5.41, 5.74) is 2.19. The van der Waals surface area contributed by atoms with Crippen molar-refractivity contribution < 1.29 is 0 Å². The van der Waals surface area contributed by atoms with E-state index in [9.17, 15) is 0 Å². The lowest BCUT2D eigenvalue weighted by Gasteiger charge is -2.06. The quantitative estimate of drug-likeness (QED) is 0.643. The average molecular weight is 249 g/mol. The van der Waals surface area contributed by atoms with Crippen molar-refractivity contribution in [2.75, 3.05) is 0 Å². The Hall–Kier alpha value is -1.16. The molecule has 0 bridgehead atoms. The number of unbranched alkanes of at least 4 members (excludes halogenated alkanes) is 1. The third-order valence-corrected chi connectivity index (χ3v) is 3.31. The zero-order chi connectivity index (χ0) is 12.3. The van der Waals surface area contributed by atoms with Gasteiger partial charge in [-0.2, -0.15) is 0 Å². The van der Waals surface area contributed by atoms with Crippen LogP contribution in [0.1, 0.15) is 33.1 Å². The number of aryl methyl sites for hydroxylation is 1. The summed E-state index contributed by atoms with van der Waals surface area (Å²) in [7, 11) is 0. The summed E-state index contributed by atoms with van der Waals surface area (Å²) >= 11 is 5.33. The van der Waals surface area contributed by atoms with Gasteiger partial charge in [0, 0.05) is 12.7 Å². The number of imidazole rings is 1. The van der Waals surface area contributed by atoms with Crippen molar-refractivity contribution in [3.05, 3.63) is 23.2 Å². The standard InChI is InChI=1S/C13H19N3S/c1-10(2)5-3-4-8-16-12-6-7-14-9-11(12)15-13(16)17/h6-7,9-10H,3-5,8H2,1-2H3,(H,15,17). The van der Waals surface area contributed by atoms with Crippen LogP contribution in [-0.4, -0.2) is 14.5 Å². The normalized spacial score (nSPS) is 11.5. The third kappa shape index (κ3) is 2.94. The zero-order valence-electron chi connectivity index (χ0n) is 10.4. The molecule has 0 aliphatic rings. The minimum atomic E-state index is 0.787. The summed E-state index contributed by atoms with van der Waals surface area (Å²) in [4.78, 5) is 7.29. The van der Waals surface area contributed by atoms with Crippen molar-refractivity contribution in [3.8, 4) is 0 Å². The highest BCUT2D eigenvalue weighted by atomic mass is 32.1. The van der Waals surface area contributed by atoms with E-state index in [2.05, 4.69) is 28.4 Å². The van der Waals surface area contributed by atoms with Crippen molar-refractivity contribution >= 4 is 23.3 Å². The van der Waals surface area contributed by atoms with Crippen LogP contribution in [0.15, 0.2) is 18.5 Å². The molecule has 0 aromatic carbocycles. The van der Waals surface area contributed by atoms with Crippen LogP contribution < -0.4 is 0 Å². The van der Waals surface area contributed by atoms with Gasteiger partial charge in [-0.3, -0.25) is 4.98 Å². The van der Waals surface area contributed by atoms with Crippen LogP contribution in [0.25, 0.3) is 11.0 Å². The van der Waals surface area contributed by atoms with Gasteiger partial charge in [0.15, 0.2) is 4.77 Å². The Bertz CT molecular complexity index is 539. The lowest BCUT2D eigenvalue weighted by Crippen LogP contribution is -1.99. The van der Waals surface area contributed by atoms with Gasteiger partial charge in [0.1, 0.15) is 0 Å². The van der Waals surface area contributed by atoms with Crippen LogP contribution in [0.4, 0.5) is 0 Å². The Labute approximate surface area is 107 Å². The van der Waals surface area contributed by atoms with Gasteiger partial charge in [-0.1, -0.05) is 26.7 Å². The summed E-state index contributed by atoms with van der Waals surface area (Å²) in [6.45, 7) is 5.53. The molecular formula is C13H19N3S. The van der Waals surface area contributed by atoms with Crippen LogP contribution in [0.5, 0.6) is 0 Å². The molecule has 0 saturated heterocycles. The average Bonchev–Trinajstić information content (AvgIpc) is 2.60. The number of aromatic nitrogens is 3. The number of rotatable bonds is 5. The molecule has 4 heteroatoms. The van der Waals surface area contributed by atoms with Gasteiger partial charge in [0.2, 0.25) is 0 Å². The van der Waals surface area contributed by atoms with Crippen LogP contribution in [0.2, 0.25) is 0 Å². The van der Waals surface area contributed by atoms with E-state index in [4.69, 9.17) is 12.2 Å². The Morgan fingerprint density at radius 2 is 2.24 bits per heavy atom. The van der Waals surface area contributed by atoms with E-state index in [-0.39, 0.29) is 0 Å². The van der Waals surface area contributed by atoms with Crippen molar-refractivity contribution in [2.45, 2.75) is 39.7 Å². The van der Waals surface area contributed by atoms with Gasteiger partial charge >= 0.3 is 0 Å². The topological polar surface area (TPSA) is 33.6 Å². The number of fused-ring (bicyclic) bond motifs is 1. The maximum atomic E-state index is 5.33. The second-order valence-electron chi connectivity index (χ2n) is 4.86. The molecule has 3 nitrogen and oxygen atoms in total. The van der Waals surface area contributed by atoms with Crippen molar-refractivity contribution in [1.29, 1.82) is 0 Å². The van der Waals surface area contributed by atoms with Gasteiger partial charge in [-0.05, 0) is 30.6 Å². The first-order chi connectivity index (χ1) is 8.18. The van der Waals surface area contributed by atoms with Gasteiger partial charge < -0.3 is 9.55 Å². The molecule has 2 aromatic heterocycles. The van der Waals surface area contributed by atoms with E-state index in [1.54, 1.807) is 0 Å². The SMILES string of the molecule is CC(C)CCCCn1c(=S)[nH]c2cnccc21. The molecule has 0 unspecified atom stereocenters. The molecule has 0 saturated carbocycles. The molecular weight excluding hydrogens is 230 g/mol. The van der Waals surface area contributed by atoms with Gasteiger partial charge in [-0.25, -0.2) is 0 Å². The van der Waals surface area contributed by atoms with Crippen molar-refractivity contribution in [3.63, 3.8) is 0 Å². The number of H-pyrrole nitrogens is 1. The van der Waals surface area contributed by atoms with Crippen molar-refractivity contribution in [2.24, 2.45) is 5.92 Å². The molecule has 2 heterocycles. The van der Waals surface area contributed by atoms with Crippen LogP contribution in [0, 0.1) is 10.7 Å². The maximum Gasteiger partial charge on any atom is 0.178 e. The zero-order valence-corrected chi connectivity index (χ0v) is 11.3. The summed E-state index contributed by atoms with van der Waals surface area (Å²) in [6, 6.07) is 2.02. The molecule has 0 atom stereocenters. The lowest BCUT2D eigenvalue weighted by atomic mass is 10.1. The highest BCUT2D eigenvalue weighted by molar-refractivity contribution is 7.71. The Kier molecular flexibility index (Phi) is 3.94. The first-order valence-corrected chi connectivity index (χ1v) is 6.62. The van der Waals surface area contributed by atoms with E-state index in [0.29, 0.717) is 0 Å². The number of hydrogen-bond acceptors (Lipinski definition) is 2. The second-order valence-corrected chi connectivity index (χ2v) is 5.25. The molecule has 1 N–H and O–H groups in total. The van der Waals surface area contributed by atoms with E-state index in [1.165, 1.54) is 19.3 Å². The van der Waals surface area contributed by atoms with E-state index >= 15 is 0 Å². The van der Waals surface area contributed by atoms with Gasteiger partial charge in [0.25, 0.3) is 0 Å². The Morgan fingerprint density at radius 3 is 3.00 bits per heavy atom. The monoisotopic (exact) mass is 249 g/mol. The van der Waals surface area contributed by atoms with E-state index in [0.717, 1.165) is 28.3 Å². The van der Waals surface area contributed by atoms with Crippen LogP contribution >= 0.6 is 12.2 Å². The van der Waals surface area contributed by atoms with E-state index in [1.807, 2.05) is 18.5 Å². The molecule has 2 aromatic rings. The summed E-state index contributed by atoms with van der Waals surface area (Å²) in [5, 5.41) is 0. The largest absolute Gasteiger partial charge is 0.329 e. The van der Waals surface area contributed by atoms with Crippen LogP contribution in [-0.2, 0) is 6.54 Å². The number of aromatic amines is 1. The first kappa shape index (κ1) is 12.3. The fourth-order valence-electron chi connectivity index (χ4n) is 2.06. The van der Waals surface area contributed by atoms with Gasteiger partial charge in [0.05, 0.1) is 17.2 Å². The summed E-state index contributed by atoms with van der Waals surface area (Å²) in [6.07, 6.45) is 7.38. The Morgan fingerprint density at radius 1 is 1.41 bits per heavy atom. The predicted octanol–water partition coefficient (Wildman–Crippen LogP) is 3.92. The predicted molar refractivity (Wildman–Crippen MR) is 73.6 cm³/mol. The maximum absolute atomic E-state index is 5.33. The van der Waals surface area contributed by atoms with Crippen molar-refractivity contribution in [1.82, 2.24) is 14.5 Å². The van der Waals surface area contributed by atoms with Gasteiger partial charge in [-0.15, -0.1) is 0 Å². The summed E-state index contributed by atoms with van der Waals surface area (Å²) < 4.78 is 2.98. The van der Waals surface area contributed by atoms with E-state index < -0.39 is 0 Å². The molecule has 92 valence electrons. The molecule has 0 radical (unpaired) electrons. The highest BCUT2D eigenvalue weighted by Gasteiger charge is 2.03. The fraction of sp³-hybridized carbons (Fsp3) is 0.538. The third-order valence-electron chi connectivity index (χ3n) is 2.99. The molecule has 0 aliphatic heterocycles. The summed E-state index contributed by atoms with van der Waals surface area (Å²) in [5.74, 6) is 0.787. The first-order valence-electron chi connectivity index (χ1n) is 6.21. The molecule has 17 heavy (non-hydrogen) atoms. The smallest absolute Gasteiger partial charge is 0.178 e. The highest BCUT2D eigenvalue weighted by Crippen LogP contribution is 2.14. The molecule has 0 fully saturated rings. The molecule has 0 amide bonds. The number of hydrogen-bond donors (Lipinski definition) is 1. The minimum Gasteiger partial charge on any atom is -0.329 e. The lowest BCUT2D eigenvalue weighted by molar-refractivity contribution is 0.511. The number of nitrogens with one attached hydrogen (secondary N) is 1. The number of nitrogens with zero attached hydrogens (tertiary/aromatic N) is 2. The number of pyridine rings is 1. The molecule has 2 rings (SSSR count). The second kappa shape index (κ2) is 5.45.